The number of rotatable bonds is 6. The number of aromatic nitrogens is 2. The standard InChI is InChI=1S/C23H27N5O6S/c1-12-17(35-21(26-12)27-22(32)28-9-4-5-14(28)18(24)29)13-6-8-25-16(11-13)23(2,3)20(31)34-15-7-10-33-19(15)30/h6,8,11,14-15H,4-5,7,9-10H2,1-3H3,(H2,24,29)(H,26,27,32)/t14-,15?/m0/s1. The Morgan fingerprint density at radius 1 is 1.31 bits per heavy atom. The second kappa shape index (κ2) is 9.61. The Morgan fingerprint density at radius 3 is 2.77 bits per heavy atom. The van der Waals surface area contributed by atoms with Crippen molar-refractivity contribution in [2.24, 2.45) is 5.73 Å². The van der Waals surface area contributed by atoms with Crippen LogP contribution in [0, 0.1) is 6.92 Å². The lowest BCUT2D eigenvalue weighted by Crippen LogP contribution is -2.45. The molecule has 1 unspecified atom stereocenters. The minimum absolute atomic E-state index is 0.232. The summed E-state index contributed by atoms with van der Waals surface area (Å²) in [5.41, 5.74) is 6.21. The zero-order valence-electron chi connectivity index (χ0n) is 19.7. The van der Waals surface area contributed by atoms with Gasteiger partial charge in [0.15, 0.2) is 5.13 Å². The van der Waals surface area contributed by atoms with Crippen LogP contribution in [0.1, 0.15) is 44.5 Å². The molecule has 2 aliphatic heterocycles. The van der Waals surface area contributed by atoms with Gasteiger partial charge < -0.3 is 20.1 Å². The fraction of sp³-hybridized carbons (Fsp3) is 0.478. The highest BCUT2D eigenvalue weighted by Gasteiger charge is 2.39. The summed E-state index contributed by atoms with van der Waals surface area (Å²) in [6, 6.07) is 2.52. The number of nitrogens with two attached hydrogens (primary N) is 1. The van der Waals surface area contributed by atoms with Gasteiger partial charge in [0.2, 0.25) is 12.0 Å². The van der Waals surface area contributed by atoms with Gasteiger partial charge in [-0.1, -0.05) is 11.3 Å². The monoisotopic (exact) mass is 501 g/mol. The fourth-order valence-corrected chi connectivity index (χ4v) is 5.02. The van der Waals surface area contributed by atoms with Gasteiger partial charge in [-0.25, -0.2) is 14.6 Å². The second-order valence-corrected chi connectivity index (χ2v) is 10.0. The molecule has 35 heavy (non-hydrogen) atoms. The number of anilines is 1. The molecule has 0 aliphatic carbocycles. The number of aryl methyl sites for hydroxylation is 1. The van der Waals surface area contributed by atoms with Gasteiger partial charge in [0, 0.05) is 19.2 Å². The van der Waals surface area contributed by atoms with E-state index in [0.717, 1.165) is 10.4 Å². The Morgan fingerprint density at radius 2 is 2.09 bits per heavy atom. The average Bonchev–Trinajstić information content (AvgIpc) is 3.54. The van der Waals surface area contributed by atoms with Crippen LogP contribution < -0.4 is 11.1 Å². The van der Waals surface area contributed by atoms with Gasteiger partial charge in [-0.2, -0.15) is 0 Å². The van der Waals surface area contributed by atoms with Crippen LogP contribution in [0.3, 0.4) is 0 Å². The Bertz CT molecular complexity index is 1180. The molecule has 0 radical (unpaired) electrons. The van der Waals surface area contributed by atoms with Crippen LogP contribution in [-0.4, -0.2) is 64.0 Å². The SMILES string of the molecule is Cc1nc(NC(=O)N2CCC[C@H]2C(N)=O)sc1-c1ccnc(C(C)(C)C(=O)OC2CCOC2=O)c1. The van der Waals surface area contributed by atoms with Crippen LogP contribution in [0.2, 0.25) is 0 Å². The molecular weight excluding hydrogens is 474 g/mol. The van der Waals surface area contributed by atoms with Crippen LogP contribution in [-0.2, 0) is 29.3 Å². The molecule has 0 saturated carbocycles. The topological polar surface area (TPSA) is 154 Å². The highest BCUT2D eigenvalue weighted by atomic mass is 32.1. The number of nitrogens with zero attached hydrogens (tertiary/aromatic N) is 3. The van der Waals surface area contributed by atoms with Crippen molar-refractivity contribution in [3.63, 3.8) is 0 Å². The number of thiazole rings is 1. The van der Waals surface area contributed by atoms with Crippen molar-refractivity contribution in [3.8, 4) is 10.4 Å². The molecule has 4 rings (SSSR count). The summed E-state index contributed by atoms with van der Waals surface area (Å²) in [4.78, 5) is 59.9. The van der Waals surface area contributed by atoms with E-state index in [1.54, 1.807) is 32.2 Å². The molecule has 3 N–H and O–H groups in total. The number of amides is 3. The van der Waals surface area contributed by atoms with Gasteiger partial charge in [0.1, 0.15) is 11.5 Å². The Labute approximate surface area is 206 Å². The van der Waals surface area contributed by atoms with E-state index in [-0.39, 0.29) is 6.61 Å². The number of carbonyl (C=O) groups is 4. The number of carbonyl (C=O) groups excluding carboxylic acids is 4. The molecule has 0 spiro atoms. The first-order valence-electron chi connectivity index (χ1n) is 11.3. The van der Waals surface area contributed by atoms with E-state index < -0.39 is 41.4 Å². The first-order chi connectivity index (χ1) is 16.6. The number of hydrogen-bond donors (Lipinski definition) is 2. The van der Waals surface area contributed by atoms with Crippen molar-refractivity contribution in [1.29, 1.82) is 0 Å². The smallest absolute Gasteiger partial charge is 0.347 e. The van der Waals surface area contributed by atoms with Gasteiger partial charge in [-0.15, -0.1) is 0 Å². The molecule has 2 atom stereocenters. The predicted molar refractivity (Wildman–Crippen MR) is 127 cm³/mol. The van der Waals surface area contributed by atoms with Gasteiger partial charge in [-0.3, -0.25) is 19.9 Å². The summed E-state index contributed by atoms with van der Waals surface area (Å²) >= 11 is 1.27. The minimum atomic E-state index is -1.12. The fourth-order valence-electron chi connectivity index (χ4n) is 4.07. The maximum absolute atomic E-state index is 12.8. The second-order valence-electron chi connectivity index (χ2n) is 9.02. The van der Waals surface area contributed by atoms with E-state index in [9.17, 15) is 19.2 Å². The minimum Gasteiger partial charge on any atom is -0.463 e. The molecule has 12 heteroatoms. The normalized spacial score (nSPS) is 20.0. The number of cyclic esters (lactones) is 1. The largest absolute Gasteiger partial charge is 0.463 e. The van der Waals surface area contributed by atoms with E-state index in [1.807, 2.05) is 6.92 Å². The van der Waals surface area contributed by atoms with Crippen molar-refractivity contribution in [2.45, 2.75) is 57.6 Å². The number of pyridine rings is 1. The van der Waals surface area contributed by atoms with E-state index in [0.29, 0.717) is 42.3 Å². The third-order valence-corrected chi connectivity index (χ3v) is 7.28. The molecule has 11 nitrogen and oxygen atoms in total. The number of primary amides is 1. The Kier molecular flexibility index (Phi) is 6.75. The molecule has 2 fully saturated rings. The molecule has 186 valence electrons. The van der Waals surface area contributed by atoms with Crippen LogP contribution in [0.5, 0.6) is 0 Å². The summed E-state index contributed by atoms with van der Waals surface area (Å²) in [5.74, 6) is -1.64. The third-order valence-electron chi connectivity index (χ3n) is 6.16. The van der Waals surface area contributed by atoms with E-state index >= 15 is 0 Å². The molecule has 4 heterocycles. The summed E-state index contributed by atoms with van der Waals surface area (Å²) in [6.45, 7) is 5.86. The van der Waals surface area contributed by atoms with Gasteiger partial charge in [0.05, 0.1) is 22.9 Å². The van der Waals surface area contributed by atoms with Gasteiger partial charge >= 0.3 is 18.0 Å². The van der Waals surface area contributed by atoms with E-state index in [4.69, 9.17) is 15.2 Å². The molecular formula is C23H27N5O6S. The first kappa shape index (κ1) is 24.6. The maximum Gasteiger partial charge on any atom is 0.347 e. The summed E-state index contributed by atoms with van der Waals surface area (Å²) < 4.78 is 10.2. The molecule has 2 aliphatic rings. The van der Waals surface area contributed by atoms with Crippen molar-refractivity contribution in [1.82, 2.24) is 14.9 Å². The van der Waals surface area contributed by atoms with Crippen molar-refractivity contribution in [2.75, 3.05) is 18.5 Å². The number of esters is 2. The lowest BCUT2D eigenvalue weighted by atomic mass is 9.88. The van der Waals surface area contributed by atoms with Crippen molar-refractivity contribution >= 4 is 40.3 Å². The number of likely N-dealkylation sites (tertiary alicyclic amines) is 1. The Balaban J connectivity index is 1.51. The first-order valence-corrected chi connectivity index (χ1v) is 12.1. The summed E-state index contributed by atoms with van der Waals surface area (Å²) in [7, 11) is 0. The molecule has 2 aromatic heterocycles. The highest BCUT2D eigenvalue weighted by Crippen LogP contribution is 2.35. The van der Waals surface area contributed by atoms with Gasteiger partial charge in [-0.05, 0) is 51.3 Å². The van der Waals surface area contributed by atoms with Crippen LogP contribution in [0.4, 0.5) is 9.93 Å². The zero-order valence-corrected chi connectivity index (χ0v) is 20.5. The number of nitrogens with one attached hydrogen (secondary N) is 1. The molecule has 0 aromatic carbocycles. The van der Waals surface area contributed by atoms with Crippen LogP contribution in [0.15, 0.2) is 18.3 Å². The highest BCUT2D eigenvalue weighted by molar-refractivity contribution is 7.19. The summed E-state index contributed by atoms with van der Waals surface area (Å²) in [5, 5.41) is 3.14. The number of hydrogen-bond acceptors (Lipinski definition) is 9. The Hall–Kier alpha value is -3.54. The van der Waals surface area contributed by atoms with Gasteiger partial charge in [0.25, 0.3) is 0 Å². The predicted octanol–water partition coefficient (Wildman–Crippen LogP) is 2.13. The summed E-state index contributed by atoms with van der Waals surface area (Å²) in [6.07, 6.45) is 2.28. The number of ether oxygens (including phenoxy) is 2. The quantitative estimate of drug-likeness (QED) is 0.571. The van der Waals surface area contributed by atoms with Crippen molar-refractivity contribution in [3.05, 3.63) is 29.7 Å². The average molecular weight is 502 g/mol. The lowest BCUT2D eigenvalue weighted by Gasteiger charge is -2.23. The number of urea groups is 1. The van der Waals surface area contributed by atoms with E-state index in [1.165, 1.54) is 16.2 Å². The molecule has 0 bridgehead atoms. The van der Waals surface area contributed by atoms with E-state index in [2.05, 4.69) is 15.3 Å². The third kappa shape index (κ3) is 4.97. The lowest BCUT2D eigenvalue weighted by molar-refractivity contribution is -0.164. The maximum atomic E-state index is 12.8. The van der Waals surface area contributed by atoms with Crippen LogP contribution in [0.25, 0.3) is 10.4 Å². The molecule has 3 amide bonds. The van der Waals surface area contributed by atoms with Crippen molar-refractivity contribution < 1.29 is 28.7 Å². The zero-order chi connectivity index (χ0) is 25.3. The van der Waals surface area contributed by atoms with Crippen LogP contribution >= 0.6 is 11.3 Å². The molecule has 2 aromatic rings. The molecule has 2 saturated heterocycles.